The summed E-state index contributed by atoms with van der Waals surface area (Å²) in [4.78, 5) is 11.1. The van der Waals surface area contributed by atoms with E-state index in [9.17, 15) is 20.1 Å². The smallest absolute Gasteiger partial charge is 0.339 e. The van der Waals surface area contributed by atoms with Crippen molar-refractivity contribution in [1.82, 2.24) is 0 Å². The van der Waals surface area contributed by atoms with Gasteiger partial charge in [0.1, 0.15) is 6.10 Å². The van der Waals surface area contributed by atoms with Crippen molar-refractivity contribution in [2.45, 2.75) is 44.0 Å². The predicted molar refractivity (Wildman–Crippen MR) is 65.9 cm³/mol. The zero-order valence-electron chi connectivity index (χ0n) is 10.4. The number of unbranched alkanes of at least 4 members (excludes halogenated alkanes) is 1. The number of carboxylic acids is 1. The molecule has 1 aliphatic carbocycles. The Morgan fingerprint density at radius 2 is 2.06 bits per heavy atom. The van der Waals surface area contributed by atoms with Crippen molar-refractivity contribution in [2.24, 2.45) is 5.92 Å². The number of allylic oxidation sites excluding steroid dienone is 3. The lowest BCUT2D eigenvalue weighted by atomic mass is 9.89. The van der Waals surface area contributed by atoms with Crippen molar-refractivity contribution in [3.05, 3.63) is 24.3 Å². The standard InChI is InChI=1S/C13H20O5/c1-2-3-4-5-6-7-9-8-10(14)11(15)13(9,18)12(16)17/h4-7,9-11,14-15,18H,2-3,8H2,1H3,(H,16,17)/b5-4+,7-6+/t9-,10+,11-,13-/m1/s1. The number of aliphatic carboxylic acids is 1. The number of hydrogen-bond acceptors (Lipinski definition) is 4. The monoisotopic (exact) mass is 256 g/mol. The van der Waals surface area contributed by atoms with Crippen LogP contribution in [-0.2, 0) is 4.79 Å². The fourth-order valence-electron chi connectivity index (χ4n) is 2.13. The van der Waals surface area contributed by atoms with E-state index in [1.54, 1.807) is 12.2 Å². The molecule has 1 aliphatic rings. The third-order valence-electron chi connectivity index (χ3n) is 3.26. The van der Waals surface area contributed by atoms with Gasteiger partial charge in [-0.25, -0.2) is 4.79 Å². The number of carboxylic acid groups (broad SMARTS) is 1. The first-order chi connectivity index (χ1) is 8.44. The molecule has 0 heterocycles. The maximum Gasteiger partial charge on any atom is 0.339 e. The topological polar surface area (TPSA) is 98.0 Å². The van der Waals surface area contributed by atoms with E-state index in [1.807, 2.05) is 13.0 Å². The van der Waals surface area contributed by atoms with Crippen LogP contribution < -0.4 is 0 Å². The van der Waals surface area contributed by atoms with Crippen LogP contribution in [0.25, 0.3) is 0 Å². The van der Waals surface area contributed by atoms with Gasteiger partial charge in [-0.05, 0) is 12.8 Å². The molecule has 0 aromatic heterocycles. The summed E-state index contributed by atoms with van der Waals surface area (Å²) in [6.07, 6.45) is 5.93. The maximum absolute atomic E-state index is 11.1. The Balaban J connectivity index is 2.78. The lowest BCUT2D eigenvalue weighted by molar-refractivity contribution is -0.175. The van der Waals surface area contributed by atoms with E-state index in [1.165, 1.54) is 6.08 Å². The van der Waals surface area contributed by atoms with Crippen molar-refractivity contribution in [3.8, 4) is 0 Å². The third-order valence-corrected chi connectivity index (χ3v) is 3.26. The van der Waals surface area contributed by atoms with Crippen LogP contribution in [0.5, 0.6) is 0 Å². The number of hydrogen-bond donors (Lipinski definition) is 4. The molecule has 1 saturated carbocycles. The average molecular weight is 256 g/mol. The van der Waals surface area contributed by atoms with E-state index < -0.39 is 29.7 Å². The van der Waals surface area contributed by atoms with Gasteiger partial charge in [0.25, 0.3) is 0 Å². The van der Waals surface area contributed by atoms with Gasteiger partial charge in [0.2, 0.25) is 0 Å². The van der Waals surface area contributed by atoms with Crippen LogP contribution in [-0.4, -0.2) is 44.2 Å². The summed E-state index contributed by atoms with van der Waals surface area (Å²) in [7, 11) is 0. The van der Waals surface area contributed by atoms with E-state index in [4.69, 9.17) is 5.11 Å². The fraction of sp³-hybridized carbons (Fsp3) is 0.615. The Bertz CT molecular complexity index is 349. The van der Waals surface area contributed by atoms with Gasteiger partial charge in [-0.2, -0.15) is 0 Å². The van der Waals surface area contributed by atoms with Crippen LogP contribution >= 0.6 is 0 Å². The second kappa shape index (κ2) is 6.13. The van der Waals surface area contributed by atoms with Crippen LogP contribution in [0.1, 0.15) is 26.2 Å². The van der Waals surface area contributed by atoms with Crippen LogP contribution in [0.15, 0.2) is 24.3 Å². The highest BCUT2D eigenvalue weighted by atomic mass is 16.4. The van der Waals surface area contributed by atoms with E-state index in [0.29, 0.717) is 0 Å². The van der Waals surface area contributed by atoms with Crippen LogP contribution in [0.3, 0.4) is 0 Å². The molecule has 0 radical (unpaired) electrons. The molecule has 4 N–H and O–H groups in total. The van der Waals surface area contributed by atoms with Crippen molar-refractivity contribution < 1.29 is 25.2 Å². The van der Waals surface area contributed by atoms with Gasteiger partial charge >= 0.3 is 5.97 Å². The SMILES string of the molecule is CCC/C=C/C=C/[C@@H]1C[C@H](O)[C@@H](O)[C@@]1(O)C(=O)O. The van der Waals surface area contributed by atoms with Crippen LogP contribution in [0.2, 0.25) is 0 Å². The van der Waals surface area contributed by atoms with Gasteiger partial charge in [0.05, 0.1) is 6.10 Å². The van der Waals surface area contributed by atoms with Gasteiger partial charge in [-0.15, -0.1) is 0 Å². The summed E-state index contributed by atoms with van der Waals surface area (Å²) in [5.41, 5.74) is -2.31. The van der Waals surface area contributed by atoms with Gasteiger partial charge in [-0.1, -0.05) is 37.6 Å². The van der Waals surface area contributed by atoms with E-state index in [0.717, 1.165) is 12.8 Å². The molecular weight excluding hydrogens is 236 g/mol. The first-order valence-corrected chi connectivity index (χ1v) is 6.09. The minimum absolute atomic E-state index is 0.0298. The normalized spacial score (nSPS) is 36.8. The Morgan fingerprint density at radius 1 is 1.39 bits per heavy atom. The average Bonchev–Trinajstić information content (AvgIpc) is 2.55. The summed E-state index contributed by atoms with van der Waals surface area (Å²) < 4.78 is 0. The molecule has 1 fully saturated rings. The molecule has 0 saturated heterocycles. The summed E-state index contributed by atoms with van der Waals surface area (Å²) >= 11 is 0. The van der Waals surface area contributed by atoms with Gasteiger partial charge in [-0.3, -0.25) is 0 Å². The first-order valence-electron chi connectivity index (χ1n) is 6.09. The summed E-state index contributed by atoms with van der Waals surface area (Å²) in [6, 6.07) is 0. The molecule has 0 aliphatic heterocycles. The zero-order chi connectivity index (χ0) is 13.8. The van der Waals surface area contributed by atoms with Crippen LogP contribution in [0, 0.1) is 5.92 Å². The number of aliphatic hydroxyl groups excluding tert-OH is 2. The minimum atomic E-state index is -2.31. The molecule has 0 aromatic carbocycles. The Labute approximate surface area is 106 Å². The predicted octanol–water partition coefficient (Wildman–Crippen LogP) is 0.456. The molecule has 1 rings (SSSR count). The molecular formula is C13H20O5. The zero-order valence-corrected chi connectivity index (χ0v) is 10.4. The van der Waals surface area contributed by atoms with E-state index in [-0.39, 0.29) is 6.42 Å². The summed E-state index contributed by atoms with van der Waals surface area (Å²) in [5.74, 6) is -2.31. The number of rotatable bonds is 5. The molecule has 5 nitrogen and oxygen atoms in total. The van der Waals surface area contributed by atoms with Gasteiger partial charge in [0, 0.05) is 5.92 Å². The van der Waals surface area contributed by atoms with Crippen molar-refractivity contribution in [2.75, 3.05) is 0 Å². The van der Waals surface area contributed by atoms with E-state index in [2.05, 4.69) is 0 Å². The second-order valence-electron chi connectivity index (χ2n) is 4.59. The lowest BCUT2D eigenvalue weighted by Crippen LogP contribution is -2.52. The van der Waals surface area contributed by atoms with Crippen molar-refractivity contribution in [1.29, 1.82) is 0 Å². The lowest BCUT2D eigenvalue weighted by Gasteiger charge is -2.26. The quantitative estimate of drug-likeness (QED) is 0.536. The largest absolute Gasteiger partial charge is 0.479 e. The second-order valence-corrected chi connectivity index (χ2v) is 4.59. The maximum atomic E-state index is 11.1. The molecule has 0 spiro atoms. The molecule has 0 bridgehead atoms. The fourth-order valence-corrected chi connectivity index (χ4v) is 2.13. The third kappa shape index (κ3) is 2.80. The van der Waals surface area contributed by atoms with Gasteiger partial charge in [0.15, 0.2) is 5.60 Å². The first kappa shape index (κ1) is 14.9. The summed E-state index contributed by atoms with van der Waals surface area (Å²) in [6.45, 7) is 2.04. The highest BCUT2D eigenvalue weighted by molar-refractivity contribution is 5.79. The van der Waals surface area contributed by atoms with E-state index >= 15 is 0 Å². The number of aliphatic hydroxyl groups is 3. The molecule has 18 heavy (non-hydrogen) atoms. The van der Waals surface area contributed by atoms with Crippen LogP contribution in [0.4, 0.5) is 0 Å². The van der Waals surface area contributed by atoms with Crippen molar-refractivity contribution >= 4 is 5.97 Å². The molecule has 0 unspecified atom stereocenters. The molecule has 0 amide bonds. The molecule has 0 aromatic rings. The molecule has 102 valence electrons. The highest BCUT2D eigenvalue weighted by Gasteiger charge is 2.57. The molecule has 5 heteroatoms. The Morgan fingerprint density at radius 3 is 2.61 bits per heavy atom. The van der Waals surface area contributed by atoms with Crippen molar-refractivity contribution in [3.63, 3.8) is 0 Å². The Kier molecular flexibility index (Phi) is 5.07. The highest BCUT2D eigenvalue weighted by Crippen LogP contribution is 2.37. The Hall–Kier alpha value is -1.17. The minimum Gasteiger partial charge on any atom is -0.479 e. The number of carbonyl (C=O) groups is 1. The van der Waals surface area contributed by atoms with Gasteiger partial charge < -0.3 is 20.4 Å². The molecule has 4 atom stereocenters. The summed E-state index contributed by atoms with van der Waals surface area (Å²) in [5, 5.41) is 38.0.